The van der Waals surface area contributed by atoms with Crippen molar-refractivity contribution >= 4 is 0 Å². The molecule has 4 heteroatoms. The Labute approximate surface area is 130 Å². The molecule has 1 aliphatic carbocycles. The lowest BCUT2D eigenvalue weighted by Gasteiger charge is -2.41. The number of hydrogen-bond acceptors (Lipinski definition) is 4. The molecule has 3 unspecified atom stereocenters. The Kier molecular flexibility index (Phi) is 6.48. The van der Waals surface area contributed by atoms with E-state index in [1.54, 1.807) is 0 Å². The highest BCUT2D eigenvalue weighted by molar-refractivity contribution is 4.88. The van der Waals surface area contributed by atoms with Crippen LogP contribution in [0.1, 0.15) is 46.5 Å². The maximum absolute atomic E-state index is 10.3. The summed E-state index contributed by atoms with van der Waals surface area (Å²) in [6.07, 6.45) is 4.98. The van der Waals surface area contributed by atoms with Gasteiger partial charge in [-0.05, 0) is 24.2 Å². The van der Waals surface area contributed by atoms with Crippen LogP contribution < -0.4 is 5.32 Å². The van der Waals surface area contributed by atoms with Crippen LogP contribution in [-0.4, -0.2) is 61.5 Å². The quantitative estimate of drug-likeness (QED) is 0.813. The van der Waals surface area contributed by atoms with Crippen molar-refractivity contribution in [3.8, 4) is 0 Å². The molecule has 0 aromatic rings. The minimum atomic E-state index is -0.273. The standard InChI is InChI=1S/C17H34N2O2/c1-17(2,3)15-6-4-5-7-16(15)18-12-14(20)13-19-8-10-21-11-9-19/h14-16,18,20H,4-13H2,1-3H3. The molecule has 0 bridgehead atoms. The predicted molar refractivity (Wildman–Crippen MR) is 86.5 cm³/mol. The van der Waals surface area contributed by atoms with E-state index >= 15 is 0 Å². The van der Waals surface area contributed by atoms with Crippen molar-refractivity contribution in [2.45, 2.75) is 58.6 Å². The minimum absolute atomic E-state index is 0.273. The van der Waals surface area contributed by atoms with Crippen molar-refractivity contribution in [2.24, 2.45) is 11.3 Å². The zero-order chi connectivity index (χ0) is 15.3. The highest BCUT2D eigenvalue weighted by atomic mass is 16.5. The van der Waals surface area contributed by atoms with Crippen molar-refractivity contribution < 1.29 is 9.84 Å². The first kappa shape index (κ1) is 17.2. The molecular weight excluding hydrogens is 264 g/mol. The van der Waals surface area contributed by atoms with E-state index in [0.29, 0.717) is 18.0 Å². The monoisotopic (exact) mass is 298 g/mol. The summed E-state index contributed by atoms with van der Waals surface area (Å²) in [5.74, 6) is 0.724. The molecule has 3 atom stereocenters. The third-order valence-electron chi connectivity index (χ3n) is 5.07. The Morgan fingerprint density at radius 2 is 1.86 bits per heavy atom. The van der Waals surface area contributed by atoms with Crippen LogP contribution in [-0.2, 0) is 4.74 Å². The van der Waals surface area contributed by atoms with Gasteiger partial charge in [-0.15, -0.1) is 0 Å². The van der Waals surface area contributed by atoms with Gasteiger partial charge in [0.1, 0.15) is 0 Å². The first-order valence-electron chi connectivity index (χ1n) is 8.68. The number of β-amino-alcohol motifs (C(OH)–C–C–N with tert-alkyl or cyclic N) is 1. The van der Waals surface area contributed by atoms with Crippen LogP contribution in [0.2, 0.25) is 0 Å². The number of hydrogen-bond donors (Lipinski definition) is 2. The Morgan fingerprint density at radius 1 is 1.19 bits per heavy atom. The highest BCUT2D eigenvalue weighted by Gasteiger charge is 2.34. The highest BCUT2D eigenvalue weighted by Crippen LogP contribution is 2.37. The summed E-state index contributed by atoms with van der Waals surface area (Å²) in [7, 11) is 0. The summed E-state index contributed by atoms with van der Waals surface area (Å²) < 4.78 is 5.35. The van der Waals surface area contributed by atoms with E-state index in [1.165, 1.54) is 25.7 Å². The Morgan fingerprint density at radius 3 is 2.52 bits per heavy atom. The first-order chi connectivity index (χ1) is 9.97. The van der Waals surface area contributed by atoms with Crippen molar-refractivity contribution in [3.63, 3.8) is 0 Å². The molecular formula is C17H34N2O2. The molecule has 0 spiro atoms. The molecule has 2 fully saturated rings. The molecule has 2 rings (SSSR count). The van der Waals surface area contributed by atoms with Crippen molar-refractivity contribution in [2.75, 3.05) is 39.4 Å². The van der Waals surface area contributed by atoms with Gasteiger partial charge in [0.2, 0.25) is 0 Å². The third kappa shape index (κ3) is 5.51. The summed E-state index contributed by atoms with van der Waals surface area (Å²) >= 11 is 0. The normalized spacial score (nSPS) is 30.3. The third-order valence-corrected chi connectivity index (χ3v) is 5.07. The van der Waals surface area contributed by atoms with E-state index in [2.05, 4.69) is 31.0 Å². The molecule has 4 nitrogen and oxygen atoms in total. The van der Waals surface area contributed by atoms with Gasteiger partial charge in [0.05, 0.1) is 19.3 Å². The molecule has 2 N–H and O–H groups in total. The molecule has 21 heavy (non-hydrogen) atoms. The van der Waals surface area contributed by atoms with E-state index in [0.717, 1.165) is 38.8 Å². The topological polar surface area (TPSA) is 44.7 Å². The second kappa shape index (κ2) is 7.91. The van der Waals surface area contributed by atoms with Crippen molar-refractivity contribution in [3.05, 3.63) is 0 Å². The van der Waals surface area contributed by atoms with E-state index in [4.69, 9.17) is 4.74 Å². The van der Waals surface area contributed by atoms with Gasteiger partial charge >= 0.3 is 0 Å². The van der Waals surface area contributed by atoms with Crippen molar-refractivity contribution in [1.82, 2.24) is 10.2 Å². The summed E-state index contributed by atoms with van der Waals surface area (Å²) in [4.78, 5) is 2.30. The maximum atomic E-state index is 10.3. The van der Waals surface area contributed by atoms with Gasteiger partial charge in [-0.25, -0.2) is 0 Å². The largest absolute Gasteiger partial charge is 0.390 e. The minimum Gasteiger partial charge on any atom is -0.390 e. The fourth-order valence-corrected chi connectivity index (χ4v) is 3.85. The van der Waals surface area contributed by atoms with Gasteiger partial charge in [-0.2, -0.15) is 0 Å². The Balaban J connectivity index is 1.74. The SMILES string of the molecule is CC(C)(C)C1CCCCC1NCC(O)CN1CCOCC1. The van der Waals surface area contributed by atoms with Gasteiger partial charge in [0.25, 0.3) is 0 Å². The zero-order valence-corrected chi connectivity index (χ0v) is 14.1. The molecule has 0 radical (unpaired) electrons. The van der Waals surface area contributed by atoms with Crippen LogP contribution in [0, 0.1) is 11.3 Å². The molecule has 1 heterocycles. The van der Waals surface area contributed by atoms with Crippen LogP contribution >= 0.6 is 0 Å². The Hall–Kier alpha value is -0.160. The van der Waals surface area contributed by atoms with Crippen LogP contribution in [0.3, 0.4) is 0 Å². The molecule has 124 valence electrons. The summed E-state index contributed by atoms with van der Waals surface area (Å²) in [5, 5.41) is 13.9. The summed E-state index contributed by atoms with van der Waals surface area (Å²) in [6.45, 7) is 12.0. The van der Waals surface area contributed by atoms with E-state index in [9.17, 15) is 5.11 Å². The molecule has 2 aliphatic rings. The number of aliphatic hydroxyl groups excluding tert-OH is 1. The van der Waals surface area contributed by atoms with Crippen LogP contribution in [0.25, 0.3) is 0 Å². The van der Waals surface area contributed by atoms with Gasteiger partial charge < -0.3 is 15.2 Å². The summed E-state index contributed by atoms with van der Waals surface area (Å²) in [5.41, 5.74) is 0.354. The van der Waals surface area contributed by atoms with Gasteiger partial charge in [0.15, 0.2) is 0 Å². The van der Waals surface area contributed by atoms with Gasteiger partial charge in [-0.1, -0.05) is 33.6 Å². The number of ether oxygens (including phenoxy) is 1. The zero-order valence-electron chi connectivity index (χ0n) is 14.1. The molecule has 0 amide bonds. The lowest BCUT2D eigenvalue weighted by Crippen LogP contribution is -2.49. The number of nitrogens with zero attached hydrogens (tertiary/aromatic N) is 1. The van der Waals surface area contributed by atoms with Gasteiger partial charge in [-0.3, -0.25) is 4.90 Å². The maximum Gasteiger partial charge on any atom is 0.0791 e. The smallest absolute Gasteiger partial charge is 0.0791 e. The number of rotatable bonds is 5. The van der Waals surface area contributed by atoms with Crippen LogP contribution in [0.5, 0.6) is 0 Å². The second-order valence-corrected chi connectivity index (χ2v) is 7.84. The van der Waals surface area contributed by atoms with Crippen LogP contribution in [0.4, 0.5) is 0 Å². The Bertz CT molecular complexity index is 298. The molecule has 0 aromatic carbocycles. The van der Waals surface area contributed by atoms with E-state index in [1.807, 2.05) is 0 Å². The van der Waals surface area contributed by atoms with E-state index in [-0.39, 0.29) is 6.10 Å². The second-order valence-electron chi connectivity index (χ2n) is 7.84. The van der Waals surface area contributed by atoms with Crippen LogP contribution in [0.15, 0.2) is 0 Å². The molecule has 0 aromatic heterocycles. The number of morpholine rings is 1. The number of aliphatic hydroxyl groups is 1. The molecule has 1 aliphatic heterocycles. The fourth-order valence-electron chi connectivity index (χ4n) is 3.85. The molecule has 1 saturated heterocycles. The average molecular weight is 298 g/mol. The molecule has 1 saturated carbocycles. The summed E-state index contributed by atoms with van der Waals surface area (Å²) in [6, 6.07) is 0.568. The lowest BCUT2D eigenvalue weighted by atomic mass is 9.69. The first-order valence-corrected chi connectivity index (χ1v) is 8.68. The van der Waals surface area contributed by atoms with E-state index < -0.39 is 0 Å². The lowest BCUT2D eigenvalue weighted by molar-refractivity contribution is 0.0128. The van der Waals surface area contributed by atoms with Crippen molar-refractivity contribution in [1.29, 1.82) is 0 Å². The average Bonchev–Trinajstić information content (AvgIpc) is 2.45. The number of nitrogens with one attached hydrogen (secondary N) is 1. The van der Waals surface area contributed by atoms with Gasteiger partial charge in [0, 0.05) is 32.2 Å². The fraction of sp³-hybridized carbons (Fsp3) is 1.00. The predicted octanol–water partition coefficient (Wildman–Crippen LogP) is 1.87.